The number of rotatable bonds is 82. The summed E-state index contributed by atoms with van der Waals surface area (Å²) >= 11 is 0. The largest absolute Gasteiger partial charge is 0.472 e. The van der Waals surface area contributed by atoms with Gasteiger partial charge in [0, 0.05) is 25.7 Å². The van der Waals surface area contributed by atoms with Crippen molar-refractivity contribution >= 4 is 39.5 Å². The summed E-state index contributed by atoms with van der Waals surface area (Å²) in [5.41, 5.74) is 0. The lowest BCUT2D eigenvalue weighted by Gasteiger charge is -2.21. The van der Waals surface area contributed by atoms with Gasteiger partial charge in [-0.1, -0.05) is 389 Å². The lowest BCUT2D eigenvalue weighted by Crippen LogP contribution is -2.30. The first-order valence-corrected chi connectivity index (χ1v) is 46.3. The summed E-state index contributed by atoms with van der Waals surface area (Å²) in [4.78, 5) is 73.0. The molecule has 0 aliphatic heterocycles. The lowest BCUT2D eigenvalue weighted by molar-refractivity contribution is -0.161. The molecule has 19 heteroatoms. The Hall–Kier alpha value is -1.94. The highest BCUT2D eigenvalue weighted by Crippen LogP contribution is 2.45. The summed E-state index contributed by atoms with van der Waals surface area (Å²) in [6, 6.07) is 0. The molecule has 103 heavy (non-hydrogen) atoms. The van der Waals surface area contributed by atoms with Crippen molar-refractivity contribution in [3.8, 4) is 0 Å². The molecule has 5 atom stereocenters. The average Bonchev–Trinajstić information content (AvgIpc) is 0.917. The third-order valence-electron chi connectivity index (χ3n) is 19.6. The minimum atomic E-state index is -4.96. The monoisotopic (exact) mass is 1510 g/mol. The normalized spacial score (nSPS) is 13.9. The highest BCUT2D eigenvalue weighted by Gasteiger charge is 2.30. The van der Waals surface area contributed by atoms with Gasteiger partial charge in [-0.2, -0.15) is 0 Å². The van der Waals surface area contributed by atoms with Crippen molar-refractivity contribution in [3.05, 3.63) is 0 Å². The summed E-state index contributed by atoms with van der Waals surface area (Å²) in [7, 11) is -9.92. The van der Waals surface area contributed by atoms with Crippen LogP contribution in [0, 0.1) is 17.8 Å². The quantitative estimate of drug-likeness (QED) is 0.0222. The highest BCUT2D eigenvalue weighted by molar-refractivity contribution is 7.47. The maximum absolute atomic E-state index is 13.1. The summed E-state index contributed by atoms with van der Waals surface area (Å²) in [5, 5.41) is 10.6. The van der Waals surface area contributed by atoms with Crippen LogP contribution in [0.4, 0.5) is 0 Å². The predicted octanol–water partition coefficient (Wildman–Crippen LogP) is 25.3. The van der Waals surface area contributed by atoms with E-state index in [0.29, 0.717) is 31.6 Å². The minimum Gasteiger partial charge on any atom is -0.462 e. The van der Waals surface area contributed by atoms with Gasteiger partial charge in [0.15, 0.2) is 12.2 Å². The van der Waals surface area contributed by atoms with E-state index >= 15 is 0 Å². The van der Waals surface area contributed by atoms with Crippen molar-refractivity contribution in [2.24, 2.45) is 17.8 Å². The van der Waals surface area contributed by atoms with Crippen molar-refractivity contribution in [1.82, 2.24) is 0 Å². The van der Waals surface area contributed by atoms with Crippen molar-refractivity contribution in [3.63, 3.8) is 0 Å². The summed E-state index contributed by atoms with van der Waals surface area (Å²) in [6.45, 7) is 11.9. The van der Waals surface area contributed by atoms with Gasteiger partial charge in [0.05, 0.1) is 26.4 Å². The topological polar surface area (TPSA) is 237 Å². The van der Waals surface area contributed by atoms with E-state index in [2.05, 4.69) is 48.5 Å². The van der Waals surface area contributed by atoms with Crippen molar-refractivity contribution < 1.29 is 80.2 Å². The van der Waals surface area contributed by atoms with Crippen LogP contribution in [0.5, 0.6) is 0 Å². The van der Waals surface area contributed by atoms with Crippen LogP contribution in [0.15, 0.2) is 0 Å². The molecule has 0 fully saturated rings. The van der Waals surface area contributed by atoms with Crippen molar-refractivity contribution in [2.75, 3.05) is 39.6 Å². The zero-order valence-electron chi connectivity index (χ0n) is 67.8. The van der Waals surface area contributed by atoms with Crippen molar-refractivity contribution in [1.29, 1.82) is 0 Å². The number of unbranched alkanes of at least 4 members (excludes halogenated alkanes) is 50. The molecule has 0 aromatic heterocycles. The van der Waals surface area contributed by atoms with E-state index in [4.69, 9.17) is 37.0 Å². The molecule has 0 bridgehead atoms. The summed E-state index contributed by atoms with van der Waals surface area (Å²) in [5.74, 6) is 0.213. The number of aliphatic hydroxyl groups is 1. The molecule has 0 amide bonds. The molecule has 0 radical (unpaired) electrons. The number of phosphoric ester groups is 2. The maximum atomic E-state index is 13.1. The molecule has 2 unspecified atom stereocenters. The Bertz CT molecular complexity index is 1990. The first kappa shape index (κ1) is 101. The van der Waals surface area contributed by atoms with Crippen LogP contribution in [0.3, 0.4) is 0 Å². The molecule has 3 N–H and O–H groups in total. The van der Waals surface area contributed by atoms with E-state index in [9.17, 15) is 43.2 Å². The summed E-state index contributed by atoms with van der Waals surface area (Å²) < 4.78 is 68.7. The van der Waals surface area contributed by atoms with E-state index < -0.39 is 97.5 Å². The number of hydrogen-bond acceptors (Lipinski definition) is 15. The molecule has 0 heterocycles. The Labute approximate surface area is 632 Å². The van der Waals surface area contributed by atoms with Gasteiger partial charge in [-0.15, -0.1) is 0 Å². The van der Waals surface area contributed by atoms with Gasteiger partial charge >= 0.3 is 39.5 Å². The molecule has 0 aromatic carbocycles. The maximum Gasteiger partial charge on any atom is 0.472 e. The molecule has 0 aliphatic carbocycles. The third kappa shape index (κ3) is 78.0. The standard InChI is InChI=1S/C84H164O17P2/c1-8-9-10-11-12-13-14-33-39-44-53-60-67-83(88)101-80(72-95-82(87)66-59-52-47-46-50-57-64-77(6)7)74-99-103(92,93)97-70-78(85)69-96-102(90,91)98-73-79(100-84(89)68-61-54-45-40-35-30-26-22-18-16-20-24-28-32-37-42-49-56-63-76(4)5)71-94-81(86)65-58-51-43-38-34-29-25-21-17-15-19-23-27-31-36-41-48-55-62-75(2)3/h75-80,85H,8-74H2,1-7H3,(H,90,91)(H,92,93)/t78-,79-,80-/m1/s1. The molecule has 17 nitrogen and oxygen atoms in total. The third-order valence-corrected chi connectivity index (χ3v) is 21.5. The van der Waals surface area contributed by atoms with Crippen molar-refractivity contribution in [2.45, 2.75) is 458 Å². The fourth-order valence-electron chi connectivity index (χ4n) is 13.0. The van der Waals surface area contributed by atoms with Crippen LogP contribution in [0.25, 0.3) is 0 Å². The number of carbonyl (C=O) groups is 4. The van der Waals surface area contributed by atoms with E-state index in [0.717, 1.165) is 108 Å². The number of ether oxygens (including phenoxy) is 4. The van der Waals surface area contributed by atoms with Crippen LogP contribution >= 0.6 is 15.6 Å². The van der Waals surface area contributed by atoms with E-state index in [1.165, 1.54) is 244 Å². The second kappa shape index (κ2) is 74.2. The van der Waals surface area contributed by atoms with E-state index in [1.807, 2.05) is 0 Å². The van der Waals surface area contributed by atoms with Crippen LogP contribution in [-0.2, 0) is 65.4 Å². The molecular weight excluding hydrogens is 1340 g/mol. The Morgan fingerprint density at radius 3 is 0.660 bits per heavy atom. The lowest BCUT2D eigenvalue weighted by atomic mass is 10.0. The Balaban J connectivity index is 5.18. The number of hydrogen-bond donors (Lipinski definition) is 3. The van der Waals surface area contributed by atoms with Gasteiger partial charge in [0.25, 0.3) is 0 Å². The van der Waals surface area contributed by atoms with Crippen LogP contribution in [0.2, 0.25) is 0 Å². The zero-order chi connectivity index (χ0) is 75.8. The second-order valence-electron chi connectivity index (χ2n) is 31.6. The number of aliphatic hydroxyl groups excluding tert-OH is 1. The first-order valence-electron chi connectivity index (χ1n) is 43.3. The van der Waals surface area contributed by atoms with E-state index in [-0.39, 0.29) is 25.7 Å². The first-order chi connectivity index (χ1) is 49.7. The molecule has 0 saturated carbocycles. The number of phosphoric acid groups is 2. The Morgan fingerprint density at radius 2 is 0.447 bits per heavy atom. The molecule has 0 aliphatic rings. The number of esters is 4. The van der Waals surface area contributed by atoms with Gasteiger partial charge in [0.1, 0.15) is 19.3 Å². The van der Waals surface area contributed by atoms with Gasteiger partial charge in [0.2, 0.25) is 0 Å². The smallest absolute Gasteiger partial charge is 0.462 e. The van der Waals surface area contributed by atoms with Gasteiger partial charge < -0.3 is 33.8 Å². The van der Waals surface area contributed by atoms with Gasteiger partial charge in [-0.05, 0) is 43.4 Å². The number of carbonyl (C=O) groups excluding carboxylic acids is 4. The zero-order valence-corrected chi connectivity index (χ0v) is 69.6. The Kier molecular flexibility index (Phi) is 72.8. The molecule has 0 spiro atoms. The molecule has 0 saturated heterocycles. The van der Waals surface area contributed by atoms with E-state index in [1.54, 1.807) is 0 Å². The molecule has 0 aromatic rings. The molecule has 612 valence electrons. The van der Waals surface area contributed by atoms with Crippen LogP contribution < -0.4 is 0 Å². The molecular formula is C84H164O17P2. The van der Waals surface area contributed by atoms with Crippen LogP contribution in [0.1, 0.15) is 440 Å². The minimum absolute atomic E-state index is 0.106. The van der Waals surface area contributed by atoms with Gasteiger partial charge in [-0.25, -0.2) is 9.13 Å². The highest BCUT2D eigenvalue weighted by atomic mass is 31.2. The fraction of sp³-hybridized carbons (Fsp3) is 0.952. The summed E-state index contributed by atoms with van der Waals surface area (Å²) in [6.07, 6.45) is 64.1. The molecule has 0 rings (SSSR count). The second-order valence-corrected chi connectivity index (χ2v) is 34.6. The van der Waals surface area contributed by atoms with Gasteiger partial charge in [-0.3, -0.25) is 37.3 Å². The SMILES string of the molecule is CCCCCCCCCCCCCCC(=O)O[C@H](COC(=O)CCCCCCCCC(C)C)COP(=O)(O)OC[C@H](O)COP(=O)(O)OC[C@@H](COC(=O)CCCCCCCCCCCCCCCCCCCCC(C)C)OC(=O)CCCCCCCCCCCCCCCCCCCCC(C)C. The average molecular weight is 1510 g/mol. The predicted molar refractivity (Wildman–Crippen MR) is 423 cm³/mol. The fourth-order valence-corrected chi connectivity index (χ4v) is 14.6. The Morgan fingerprint density at radius 1 is 0.262 bits per heavy atom. The van der Waals surface area contributed by atoms with Crippen LogP contribution in [-0.4, -0.2) is 96.7 Å².